The lowest BCUT2D eigenvalue weighted by Gasteiger charge is -2.27. The van der Waals surface area contributed by atoms with Gasteiger partial charge in [0.25, 0.3) is 0 Å². The smallest absolute Gasteiger partial charge is 0.220 e. The molecule has 0 radical (unpaired) electrons. The van der Waals surface area contributed by atoms with Crippen molar-refractivity contribution < 1.29 is 14.3 Å². The molecule has 0 saturated heterocycles. The normalized spacial score (nSPS) is 13.8. The third-order valence-corrected chi connectivity index (χ3v) is 4.34. The van der Waals surface area contributed by atoms with Gasteiger partial charge in [0, 0.05) is 24.9 Å². The molecule has 0 aliphatic rings. The van der Waals surface area contributed by atoms with Crippen LogP contribution >= 0.6 is 0 Å². The lowest BCUT2D eigenvalue weighted by molar-refractivity contribution is -0.122. The molecule has 1 aromatic heterocycles. The second-order valence-corrected chi connectivity index (χ2v) is 6.77. The van der Waals surface area contributed by atoms with Gasteiger partial charge in [-0.3, -0.25) is 4.79 Å². The number of rotatable bonds is 7. The predicted octanol–water partition coefficient (Wildman–Crippen LogP) is 3.11. The number of carbonyl (C=O) groups excluding carboxylic acids is 1. The molecule has 5 nitrogen and oxygen atoms in total. The summed E-state index contributed by atoms with van der Waals surface area (Å²) in [5.74, 6) is 1.19. The van der Waals surface area contributed by atoms with E-state index in [1.165, 1.54) is 5.56 Å². The molecule has 0 aliphatic carbocycles. The highest BCUT2D eigenvalue weighted by molar-refractivity contribution is 5.76. The Morgan fingerprint density at radius 1 is 1.33 bits per heavy atom. The lowest BCUT2D eigenvalue weighted by atomic mass is 9.92. The van der Waals surface area contributed by atoms with E-state index in [1.807, 2.05) is 45.0 Å². The Balaban J connectivity index is 1.85. The highest BCUT2D eigenvalue weighted by Crippen LogP contribution is 2.21. The van der Waals surface area contributed by atoms with Crippen LogP contribution in [0.5, 0.6) is 0 Å². The average Bonchev–Trinajstić information content (AvgIpc) is 3.00. The number of oxazole rings is 1. The van der Waals surface area contributed by atoms with Crippen molar-refractivity contribution in [3.05, 3.63) is 41.9 Å². The van der Waals surface area contributed by atoms with Crippen LogP contribution in [0.4, 0.5) is 0 Å². The van der Waals surface area contributed by atoms with Crippen molar-refractivity contribution in [3.8, 4) is 11.3 Å². The summed E-state index contributed by atoms with van der Waals surface area (Å²) in [4.78, 5) is 16.1. The molecule has 0 aliphatic heterocycles. The van der Waals surface area contributed by atoms with E-state index in [0.717, 1.165) is 5.56 Å². The van der Waals surface area contributed by atoms with Crippen LogP contribution in [0.25, 0.3) is 11.3 Å². The number of aryl methyl sites for hydroxylation is 2. The molecule has 2 N–H and O–H groups in total. The third kappa shape index (κ3) is 4.93. The molecule has 0 spiro atoms. The molecule has 130 valence electrons. The van der Waals surface area contributed by atoms with Gasteiger partial charge in [-0.05, 0) is 19.8 Å². The topological polar surface area (TPSA) is 75.4 Å². The van der Waals surface area contributed by atoms with Gasteiger partial charge in [0.15, 0.2) is 11.7 Å². The predicted molar refractivity (Wildman–Crippen MR) is 93.5 cm³/mol. The summed E-state index contributed by atoms with van der Waals surface area (Å²) in [6.07, 6.45) is 2.39. The SMILES string of the molecule is Cc1ccc(-c2cnc(CCC(=O)NCC(C)(O)C(C)C)o2)cc1. The molecule has 1 atom stereocenters. The number of hydrogen-bond donors (Lipinski definition) is 2. The molecular weight excluding hydrogens is 304 g/mol. The molecule has 0 bridgehead atoms. The first kappa shape index (κ1) is 18.2. The van der Waals surface area contributed by atoms with Crippen molar-refractivity contribution in [3.63, 3.8) is 0 Å². The first-order valence-corrected chi connectivity index (χ1v) is 8.29. The summed E-state index contributed by atoms with van der Waals surface area (Å²) >= 11 is 0. The molecule has 1 aromatic carbocycles. The van der Waals surface area contributed by atoms with Crippen LogP contribution in [0.2, 0.25) is 0 Å². The summed E-state index contributed by atoms with van der Waals surface area (Å²) in [5, 5.41) is 12.9. The number of aromatic nitrogens is 1. The molecule has 0 saturated carbocycles. The first-order chi connectivity index (χ1) is 11.3. The van der Waals surface area contributed by atoms with E-state index in [2.05, 4.69) is 10.3 Å². The van der Waals surface area contributed by atoms with Crippen LogP contribution in [0.1, 0.15) is 38.6 Å². The van der Waals surface area contributed by atoms with Crippen LogP contribution in [-0.4, -0.2) is 28.1 Å². The van der Waals surface area contributed by atoms with E-state index in [1.54, 1.807) is 13.1 Å². The summed E-state index contributed by atoms with van der Waals surface area (Å²) in [6.45, 7) is 7.84. The van der Waals surface area contributed by atoms with E-state index in [-0.39, 0.29) is 24.8 Å². The zero-order chi connectivity index (χ0) is 17.7. The van der Waals surface area contributed by atoms with Gasteiger partial charge in [-0.25, -0.2) is 4.98 Å². The molecule has 2 aromatic rings. The second kappa shape index (κ2) is 7.62. The largest absolute Gasteiger partial charge is 0.441 e. The van der Waals surface area contributed by atoms with E-state index in [9.17, 15) is 9.90 Å². The van der Waals surface area contributed by atoms with Crippen molar-refractivity contribution >= 4 is 5.91 Å². The molecule has 5 heteroatoms. The molecule has 0 fully saturated rings. The minimum atomic E-state index is -0.906. The highest BCUT2D eigenvalue weighted by Gasteiger charge is 2.25. The number of benzene rings is 1. The van der Waals surface area contributed by atoms with Gasteiger partial charge >= 0.3 is 0 Å². The molecule has 1 unspecified atom stereocenters. The van der Waals surface area contributed by atoms with Crippen molar-refractivity contribution in [1.82, 2.24) is 10.3 Å². The van der Waals surface area contributed by atoms with Gasteiger partial charge in [-0.1, -0.05) is 43.7 Å². The van der Waals surface area contributed by atoms with E-state index < -0.39 is 5.60 Å². The van der Waals surface area contributed by atoms with Crippen LogP contribution in [0, 0.1) is 12.8 Å². The minimum absolute atomic E-state index is 0.0709. The minimum Gasteiger partial charge on any atom is -0.441 e. The Hall–Kier alpha value is -2.14. The van der Waals surface area contributed by atoms with Crippen LogP contribution in [0.3, 0.4) is 0 Å². The average molecular weight is 330 g/mol. The van der Waals surface area contributed by atoms with Gasteiger partial charge in [-0.15, -0.1) is 0 Å². The third-order valence-electron chi connectivity index (χ3n) is 4.34. The fourth-order valence-electron chi connectivity index (χ4n) is 2.07. The number of nitrogens with zero attached hydrogens (tertiary/aromatic N) is 1. The fraction of sp³-hybridized carbons (Fsp3) is 0.474. The van der Waals surface area contributed by atoms with Gasteiger partial charge in [-0.2, -0.15) is 0 Å². The highest BCUT2D eigenvalue weighted by atomic mass is 16.4. The van der Waals surface area contributed by atoms with Crippen LogP contribution < -0.4 is 5.32 Å². The Kier molecular flexibility index (Phi) is 5.78. The number of hydrogen-bond acceptors (Lipinski definition) is 4. The van der Waals surface area contributed by atoms with Gasteiger partial charge in [0.2, 0.25) is 5.91 Å². The Morgan fingerprint density at radius 3 is 2.62 bits per heavy atom. The summed E-state index contributed by atoms with van der Waals surface area (Å²) < 4.78 is 5.70. The summed E-state index contributed by atoms with van der Waals surface area (Å²) in [7, 11) is 0. The van der Waals surface area contributed by atoms with Gasteiger partial charge in [0.1, 0.15) is 0 Å². The van der Waals surface area contributed by atoms with E-state index in [4.69, 9.17) is 4.42 Å². The second-order valence-electron chi connectivity index (χ2n) is 6.77. The van der Waals surface area contributed by atoms with Crippen molar-refractivity contribution in [2.75, 3.05) is 6.54 Å². The fourth-order valence-corrected chi connectivity index (χ4v) is 2.07. The maximum Gasteiger partial charge on any atom is 0.220 e. The molecule has 24 heavy (non-hydrogen) atoms. The van der Waals surface area contributed by atoms with E-state index >= 15 is 0 Å². The van der Waals surface area contributed by atoms with Gasteiger partial charge in [0.05, 0.1) is 11.8 Å². The molecule has 1 heterocycles. The Labute approximate surface area is 143 Å². The maximum absolute atomic E-state index is 11.9. The summed E-state index contributed by atoms with van der Waals surface area (Å²) in [6, 6.07) is 8.01. The number of carbonyl (C=O) groups is 1. The zero-order valence-corrected chi connectivity index (χ0v) is 14.8. The zero-order valence-electron chi connectivity index (χ0n) is 14.8. The van der Waals surface area contributed by atoms with E-state index in [0.29, 0.717) is 18.1 Å². The number of nitrogens with one attached hydrogen (secondary N) is 1. The lowest BCUT2D eigenvalue weighted by Crippen LogP contribution is -2.44. The molecule has 2 rings (SSSR count). The van der Waals surface area contributed by atoms with Crippen LogP contribution in [0.15, 0.2) is 34.9 Å². The Bertz CT molecular complexity index is 672. The molecular formula is C19H26N2O3. The monoisotopic (exact) mass is 330 g/mol. The van der Waals surface area contributed by atoms with Crippen molar-refractivity contribution in [1.29, 1.82) is 0 Å². The first-order valence-electron chi connectivity index (χ1n) is 8.29. The standard InChI is InChI=1S/C19H26N2O3/c1-13(2)19(4,23)12-21-17(22)9-10-18-20-11-16(24-18)15-7-5-14(3)6-8-15/h5-8,11,13,23H,9-10,12H2,1-4H3,(H,21,22). The summed E-state index contributed by atoms with van der Waals surface area (Å²) in [5.41, 5.74) is 1.25. The van der Waals surface area contributed by atoms with Crippen LogP contribution in [-0.2, 0) is 11.2 Å². The molecule has 1 amide bonds. The number of aliphatic hydroxyl groups is 1. The Morgan fingerprint density at radius 2 is 2.00 bits per heavy atom. The number of amides is 1. The van der Waals surface area contributed by atoms with Crippen molar-refractivity contribution in [2.45, 2.75) is 46.1 Å². The maximum atomic E-state index is 11.9. The quantitative estimate of drug-likeness (QED) is 0.818. The van der Waals surface area contributed by atoms with Crippen molar-refractivity contribution in [2.24, 2.45) is 5.92 Å². The van der Waals surface area contributed by atoms with Gasteiger partial charge < -0.3 is 14.8 Å².